The number of benzene rings is 1. The number of amides is 1. The number of carbonyl (C=O) groups is 1. The molecule has 0 aliphatic carbocycles. The van der Waals surface area contributed by atoms with Gasteiger partial charge >= 0.3 is 5.69 Å². The second-order valence-electron chi connectivity index (χ2n) is 5.25. The highest BCUT2D eigenvalue weighted by Crippen LogP contribution is 2.06. The van der Waals surface area contributed by atoms with Gasteiger partial charge in [-0.1, -0.05) is 30.3 Å². The van der Waals surface area contributed by atoms with E-state index in [0.29, 0.717) is 32.6 Å². The van der Waals surface area contributed by atoms with Gasteiger partial charge in [-0.05, 0) is 5.56 Å². The molecule has 0 N–H and O–H groups in total. The summed E-state index contributed by atoms with van der Waals surface area (Å²) in [6, 6.07) is 9.81. The number of nitrogens with zero attached hydrogens (tertiary/aromatic N) is 4. The molecule has 0 saturated heterocycles. The van der Waals surface area contributed by atoms with E-state index in [0.717, 1.165) is 11.4 Å². The van der Waals surface area contributed by atoms with E-state index < -0.39 is 0 Å². The molecule has 110 valence electrons. The summed E-state index contributed by atoms with van der Waals surface area (Å²) in [5.41, 5.74) is 0.956. The Kier molecular flexibility index (Phi) is 3.60. The minimum absolute atomic E-state index is 0.0466. The molecule has 21 heavy (non-hydrogen) atoms. The highest BCUT2D eigenvalue weighted by atomic mass is 16.2. The van der Waals surface area contributed by atoms with E-state index in [1.54, 1.807) is 16.4 Å². The van der Waals surface area contributed by atoms with E-state index in [1.807, 2.05) is 30.3 Å². The van der Waals surface area contributed by atoms with Crippen LogP contribution in [-0.2, 0) is 24.3 Å². The SMILES string of the molecule is CC(=O)N1CCc2nn(Cc3ccccc3)c(=O)n2CC1. The summed E-state index contributed by atoms with van der Waals surface area (Å²) in [6.45, 7) is 3.75. The summed E-state index contributed by atoms with van der Waals surface area (Å²) in [4.78, 5) is 25.6. The van der Waals surface area contributed by atoms with Crippen molar-refractivity contribution >= 4 is 5.91 Å². The van der Waals surface area contributed by atoms with Crippen molar-refractivity contribution in [2.24, 2.45) is 0 Å². The van der Waals surface area contributed by atoms with Crippen LogP contribution in [0.2, 0.25) is 0 Å². The molecule has 0 saturated carbocycles. The first-order valence-corrected chi connectivity index (χ1v) is 7.11. The second kappa shape index (κ2) is 5.55. The summed E-state index contributed by atoms with van der Waals surface area (Å²) in [6.07, 6.45) is 0.622. The van der Waals surface area contributed by atoms with Crippen LogP contribution in [0.1, 0.15) is 18.3 Å². The molecule has 1 aliphatic heterocycles. The summed E-state index contributed by atoms with van der Waals surface area (Å²) >= 11 is 0. The summed E-state index contributed by atoms with van der Waals surface area (Å²) in [5, 5.41) is 4.43. The lowest BCUT2D eigenvalue weighted by Gasteiger charge is -2.17. The Labute approximate surface area is 122 Å². The van der Waals surface area contributed by atoms with Crippen LogP contribution >= 0.6 is 0 Å². The van der Waals surface area contributed by atoms with E-state index in [2.05, 4.69) is 5.10 Å². The van der Waals surface area contributed by atoms with Gasteiger partial charge < -0.3 is 4.90 Å². The van der Waals surface area contributed by atoms with E-state index in [4.69, 9.17) is 0 Å². The molecule has 1 amide bonds. The molecular formula is C15H18N4O2. The number of fused-ring (bicyclic) bond motifs is 1. The van der Waals surface area contributed by atoms with Crippen LogP contribution in [0.5, 0.6) is 0 Å². The Morgan fingerprint density at radius 1 is 1.19 bits per heavy atom. The van der Waals surface area contributed by atoms with Crippen molar-refractivity contribution in [3.05, 3.63) is 52.2 Å². The molecule has 3 rings (SSSR count). The zero-order valence-corrected chi connectivity index (χ0v) is 12.0. The summed E-state index contributed by atoms with van der Waals surface area (Å²) in [7, 11) is 0. The first kappa shape index (κ1) is 13.6. The Balaban J connectivity index is 1.84. The third-order valence-corrected chi connectivity index (χ3v) is 3.82. The monoisotopic (exact) mass is 286 g/mol. The molecule has 2 heterocycles. The Bertz CT molecular complexity index is 702. The molecule has 0 fully saturated rings. The van der Waals surface area contributed by atoms with Crippen molar-refractivity contribution in [3.8, 4) is 0 Å². The van der Waals surface area contributed by atoms with E-state index in [1.165, 1.54) is 4.68 Å². The van der Waals surface area contributed by atoms with Crippen LogP contribution in [0.25, 0.3) is 0 Å². The molecule has 0 radical (unpaired) electrons. The first-order chi connectivity index (χ1) is 10.1. The molecule has 6 nitrogen and oxygen atoms in total. The van der Waals surface area contributed by atoms with E-state index in [-0.39, 0.29) is 11.6 Å². The van der Waals surface area contributed by atoms with Crippen LogP contribution in [0.15, 0.2) is 35.1 Å². The van der Waals surface area contributed by atoms with Gasteiger partial charge in [-0.3, -0.25) is 9.36 Å². The van der Waals surface area contributed by atoms with Gasteiger partial charge in [0.05, 0.1) is 6.54 Å². The predicted octanol–water partition coefficient (Wildman–Crippen LogP) is 0.498. The predicted molar refractivity (Wildman–Crippen MR) is 78.0 cm³/mol. The lowest BCUT2D eigenvalue weighted by Crippen LogP contribution is -2.33. The molecule has 2 aromatic rings. The van der Waals surface area contributed by atoms with Crippen molar-refractivity contribution in [3.63, 3.8) is 0 Å². The molecule has 0 atom stereocenters. The first-order valence-electron chi connectivity index (χ1n) is 7.11. The number of hydrogen-bond donors (Lipinski definition) is 0. The minimum Gasteiger partial charge on any atom is -0.341 e. The summed E-state index contributed by atoms with van der Waals surface area (Å²) < 4.78 is 3.19. The van der Waals surface area contributed by atoms with Gasteiger partial charge in [-0.25, -0.2) is 9.48 Å². The highest BCUT2D eigenvalue weighted by Gasteiger charge is 2.20. The lowest BCUT2D eigenvalue weighted by molar-refractivity contribution is -0.128. The topological polar surface area (TPSA) is 60.1 Å². The zero-order valence-electron chi connectivity index (χ0n) is 12.0. The maximum atomic E-state index is 12.4. The minimum atomic E-state index is -0.0979. The molecule has 1 aromatic carbocycles. The van der Waals surface area contributed by atoms with Gasteiger partial charge in [-0.2, -0.15) is 5.10 Å². The Hall–Kier alpha value is -2.37. The fourth-order valence-corrected chi connectivity index (χ4v) is 2.64. The molecular weight excluding hydrogens is 268 g/mol. The summed E-state index contributed by atoms with van der Waals surface area (Å²) in [5.74, 6) is 0.810. The molecule has 0 bridgehead atoms. The second-order valence-corrected chi connectivity index (χ2v) is 5.25. The average molecular weight is 286 g/mol. The van der Waals surface area contributed by atoms with Gasteiger partial charge in [-0.15, -0.1) is 0 Å². The van der Waals surface area contributed by atoms with Crippen molar-refractivity contribution in [2.75, 3.05) is 13.1 Å². The largest absolute Gasteiger partial charge is 0.346 e. The highest BCUT2D eigenvalue weighted by molar-refractivity contribution is 5.73. The van der Waals surface area contributed by atoms with Gasteiger partial charge in [0.2, 0.25) is 5.91 Å². The molecule has 6 heteroatoms. The molecule has 0 unspecified atom stereocenters. The number of hydrogen-bond acceptors (Lipinski definition) is 3. The number of carbonyl (C=O) groups excluding carboxylic acids is 1. The van der Waals surface area contributed by atoms with Crippen LogP contribution in [-0.4, -0.2) is 38.2 Å². The number of rotatable bonds is 2. The fourth-order valence-electron chi connectivity index (χ4n) is 2.64. The third kappa shape index (κ3) is 2.74. The smallest absolute Gasteiger partial charge is 0.341 e. The third-order valence-electron chi connectivity index (χ3n) is 3.82. The lowest BCUT2D eigenvalue weighted by atomic mass is 10.2. The van der Waals surface area contributed by atoms with Crippen molar-refractivity contribution in [2.45, 2.75) is 26.4 Å². The Morgan fingerprint density at radius 3 is 2.67 bits per heavy atom. The molecule has 0 spiro atoms. The van der Waals surface area contributed by atoms with E-state index >= 15 is 0 Å². The van der Waals surface area contributed by atoms with Gasteiger partial charge in [0.25, 0.3) is 0 Å². The van der Waals surface area contributed by atoms with Crippen molar-refractivity contribution in [1.82, 2.24) is 19.2 Å². The van der Waals surface area contributed by atoms with Crippen LogP contribution in [0.4, 0.5) is 0 Å². The quantitative estimate of drug-likeness (QED) is 0.807. The zero-order chi connectivity index (χ0) is 14.8. The normalized spacial score (nSPS) is 14.6. The average Bonchev–Trinajstić information content (AvgIpc) is 2.65. The number of aromatic nitrogens is 3. The Morgan fingerprint density at radius 2 is 1.95 bits per heavy atom. The van der Waals surface area contributed by atoms with Crippen molar-refractivity contribution in [1.29, 1.82) is 0 Å². The van der Waals surface area contributed by atoms with Gasteiger partial charge in [0.15, 0.2) is 0 Å². The standard InChI is InChI=1S/C15H18N4O2/c1-12(20)17-8-7-14-16-19(15(21)18(14)10-9-17)11-13-5-3-2-4-6-13/h2-6H,7-11H2,1H3. The van der Waals surface area contributed by atoms with Crippen LogP contribution in [0.3, 0.4) is 0 Å². The fraction of sp³-hybridized carbons (Fsp3) is 0.400. The maximum absolute atomic E-state index is 12.4. The molecule has 1 aliphatic rings. The van der Waals surface area contributed by atoms with Crippen LogP contribution in [0, 0.1) is 0 Å². The van der Waals surface area contributed by atoms with Crippen LogP contribution < -0.4 is 5.69 Å². The van der Waals surface area contributed by atoms with E-state index in [9.17, 15) is 9.59 Å². The van der Waals surface area contributed by atoms with Gasteiger partial charge in [0.1, 0.15) is 5.82 Å². The molecule has 1 aromatic heterocycles. The maximum Gasteiger partial charge on any atom is 0.346 e. The van der Waals surface area contributed by atoms with Gasteiger partial charge in [0, 0.05) is 33.0 Å². The van der Waals surface area contributed by atoms with Crippen molar-refractivity contribution < 1.29 is 4.79 Å².